The summed E-state index contributed by atoms with van der Waals surface area (Å²) in [6.07, 6.45) is 20.7. The summed E-state index contributed by atoms with van der Waals surface area (Å²) in [5.41, 5.74) is 0. The molecule has 0 heterocycles. The Labute approximate surface area is 197 Å². The van der Waals surface area contributed by atoms with Crippen molar-refractivity contribution in [3.63, 3.8) is 0 Å². The van der Waals surface area contributed by atoms with Crippen LogP contribution in [0.2, 0.25) is 0 Å². The fourth-order valence-electron chi connectivity index (χ4n) is 3.31. The van der Waals surface area contributed by atoms with Gasteiger partial charge in [0.05, 0.1) is 0 Å². The van der Waals surface area contributed by atoms with Gasteiger partial charge in [-0.25, -0.2) is 0 Å². The second kappa shape index (κ2) is 20.7. The van der Waals surface area contributed by atoms with Gasteiger partial charge in [-0.3, -0.25) is 4.79 Å². The van der Waals surface area contributed by atoms with Crippen LogP contribution in [0.4, 0.5) is 0 Å². The minimum atomic E-state index is -0.106. The molecule has 27 heavy (non-hydrogen) atoms. The Morgan fingerprint density at radius 2 is 1.07 bits per heavy atom. The van der Waals surface area contributed by atoms with Gasteiger partial charge in [0.1, 0.15) is 5.75 Å². The Bertz CT molecular complexity index is 433. The molecule has 2 nitrogen and oxygen atoms in total. The molecule has 0 saturated carbocycles. The molecule has 0 aliphatic heterocycles. The predicted octanol–water partition coefficient (Wildman–Crippen LogP) is 6.94. The first-order valence-electron chi connectivity index (χ1n) is 11.1. The molecule has 0 saturated heterocycles. The van der Waals surface area contributed by atoms with Gasteiger partial charge in [-0.1, -0.05) is 115 Å². The van der Waals surface area contributed by atoms with Crippen molar-refractivity contribution in [2.45, 2.75) is 110 Å². The summed E-state index contributed by atoms with van der Waals surface area (Å²) in [4.78, 5) is 11.7. The molecule has 0 aliphatic carbocycles. The standard InChI is InChI=1S/C24H40O2.Ca.2H/c1-2-3-4-5-6-7-8-9-10-11-12-13-14-15-19-22-24(25)26-23-20-17-16-18-21-23;;;/h16-18,20-21H,2-15,19,22H2,1H3;;;. The topological polar surface area (TPSA) is 26.3 Å². The SMILES string of the molecule is CCCCCCCCCCCCCCCCCC(=O)Oc1ccccc1.[CaH2]. The van der Waals surface area contributed by atoms with Crippen LogP contribution in [0.15, 0.2) is 30.3 Å². The molecular weight excluding hydrogens is 360 g/mol. The molecule has 0 unspecified atom stereocenters. The quantitative estimate of drug-likeness (QED) is 0.122. The van der Waals surface area contributed by atoms with Crippen LogP contribution < -0.4 is 4.74 Å². The Morgan fingerprint density at radius 1 is 0.667 bits per heavy atom. The summed E-state index contributed by atoms with van der Waals surface area (Å²) in [6, 6.07) is 9.34. The first-order chi connectivity index (χ1) is 12.8. The molecule has 0 bridgehead atoms. The third-order valence-corrected chi connectivity index (χ3v) is 4.96. The summed E-state index contributed by atoms with van der Waals surface area (Å²) in [6.45, 7) is 2.28. The molecule has 0 aromatic heterocycles. The van der Waals surface area contributed by atoms with E-state index in [0.717, 1.165) is 12.8 Å². The Balaban J connectivity index is 0.00000676. The van der Waals surface area contributed by atoms with Crippen molar-refractivity contribution in [2.75, 3.05) is 0 Å². The summed E-state index contributed by atoms with van der Waals surface area (Å²) >= 11 is 0. The molecule has 1 rings (SSSR count). The van der Waals surface area contributed by atoms with E-state index >= 15 is 0 Å². The molecule has 1 aromatic carbocycles. The fourth-order valence-corrected chi connectivity index (χ4v) is 3.31. The van der Waals surface area contributed by atoms with E-state index in [4.69, 9.17) is 4.74 Å². The number of esters is 1. The normalized spacial score (nSPS) is 10.4. The maximum absolute atomic E-state index is 11.7. The van der Waals surface area contributed by atoms with Crippen LogP contribution in [-0.4, -0.2) is 43.7 Å². The van der Waals surface area contributed by atoms with Crippen molar-refractivity contribution in [3.8, 4) is 5.75 Å². The van der Waals surface area contributed by atoms with Crippen molar-refractivity contribution < 1.29 is 9.53 Å². The van der Waals surface area contributed by atoms with Gasteiger partial charge >= 0.3 is 43.7 Å². The Morgan fingerprint density at radius 3 is 1.52 bits per heavy atom. The van der Waals surface area contributed by atoms with Gasteiger partial charge in [0.25, 0.3) is 0 Å². The first kappa shape index (κ1) is 26.9. The monoisotopic (exact) mass is 402 g/mol. The van der Waals surface area contributed by atoms with E-state index in [1.54, 1.807) is 0 Å². The molecule has 0 aliphatic rings. The number of para-hydroxylation sites is 1. The van der Waals surface area contributed by atoms with Crippen LogP contribution in [0.3, 0.4) is 0 Å². The summed E-state index contributed by atoms with van der Waals surface area (Å²) in [5, 5.41) is 0. The van der Waals surface area contributed by atoms with Crippen molar-refractivity contribution >= 4 is 43.7 Å². The van der Waals surface area contributed by atoms with Crippen LogP contribution in [0.25, 0.3) is 0 Å². The van der Waals surface area contributed by atoms with E-state index in [1.807, 2.05) is 30.3 Å². The molecule has 0 radical (unpaired) electrons. The van der Waals surface area contributed by atoms with Gasteiger partial charge < -0.3 is 4.74 Å². The van der Waals surface area contributed by atoms with Crippen molar-refractivity contribution in [3.05, 3.63) is 30.3 Å². The van der Waals surface area contributed by atoms with Crippen LogP contribution in [0.5, 0.6) is 5.75 Å². The minimum absolute atomic E-state index is 0. The average molecular weight is 403 g/mol. The zero-order valence-corrected chi connectivity index (χ0v) is 17.0. The summed E-state index contributed by atoms with van der Waals surface area (Å²) < 4.78 is 5.29. The van der Waals surface area contributed by atoms with E-state index in [0.29, 0.717) is 12.2 Å². The molecule has 1 aromatic rings. The summed E-state index contributed by atoms with van der Waals surface area (Å²) in [7, 11) is 0. The maximum atomic E-state index is 11.7. The molecule has 0 amide bonds. The second-order valence-corrected chi connectivity index (χ2v) is 7.49. The zero-order valence-electron chi connectivity index (χ0n) is 17.0. The zero-order chi connectivity index (χ0) is 18.7. The van der Waals surface area contributed by atoms with Crippen molar-refractivity contribution in [2.24, 2.45) is 0 Å². The van der Waals surface area contributed by atoms with Gasteiger partial charge in [0, 0.05) is 6.42 Å². The number of benzene rings is 1. The molecule has 0 N–H and O–H groups in total. The molecule has 0 spiro atoms. The second-order valence-electron chi connectivity index (χ2n) is 7.49. The van der Waals surface area contributed by atoms with Crippen LogP contribution >= 0.6 is 0 Å². The number of carbonyl (C=O) groups excluding carboxylic acids is 1. The van der Waals surface area contributed by atoms with Gasteiger partial charge in [-0.05, 0) is 18.6 Å². The number of ether oxygens (including phenoxy) is 1. The van der Waals surface area contributed by atoms with Gasteiger partial charge in [0.15, 0.2) is 0 Å². The van der Waals surface area contributed by atoms with Gasteiger partial charge in [0.2, 0.25) is 0 Å². The van der Waals surface area contributed by atoms with Crippen LogP contribution in [0.1, 0.15) is 110 Å². The van der Waals surface area contributed by atoms with Gasteiger partial charge in [-0.2, -0.15) is 0 Å². The molecule has 0 atom stereocenters. The molecule has 3 heteroatoms. The Kier molecular flexibility index (Phi) is 20.6. The number of unbranched alkanes of at least 4 members (excludes halogenated alkanes) is 14. The Hall–Kier alpha value is -0.0503. The van der Waals surface area contributed by atoms with Crippen molar-refractivity contribution in [1.29, 1.82) is 0 Å². The first-order valence-corrected chi connectivity index (χ1v) is 11.1. The van der Waals surface area contributed by atoms with E-state index in [1.165, 1.54) is 83.5 Å². The van der Waals surface area contributed by atoms with E-state index in [9.17, 15) is 4.79 Å². The van der Waals surface area contributed by atoms with Gasteiger partial charge in [-0.15, -0.1) is 0 Å². The van der Waals surface area contributed by atoms with Crippen molar-refractivity contribution in [1.82, 2.24) is 0 Å². The van der Waals surface area contributed by atoms with E-state index < -0.39 is 0 Å². The number of hydrogen-bond acceptors (Lipinski definition) is 2. The molecular formula is C24H42CaO2. The van der Waals surface area contributed by atoms with Crippen LogP contribution in [0, 0.1) is 0 Å². The third-order valence-electron chi connectivity index (χ3n) is 4.96. The fraction of sp³-hybridized carbons (Fsp3) is 0.708. The van der Waals surface area contributed by atoms with E-state index in [-0.39, 0.29) is 43.7 Å². The summed E-state index contributed by atoms with van der Waals surface area (Å²) in [5.74, 6) is 0.546. The number of rotatable bonds is 17. The average Bonchev–Trinajstić information content (AvgIpc) is 2.65. The van der Waals surface area contributed by atoms with Crippen LogP contribution in [-0.2, 0) is 4.79 Å². The predicted molar refractivity (Wildman–Crippen MR) is 120 cm³/mol. The molecule has 0 fully saturated rings. The molecule has 152 valence electrons. The number of hydrogen-bond donors (Lipinski definition) is 0. The number of carbonyl (C=O) groups is 1. The van der Waals surface area contributed by atoms with E-state index in [2.05, 4.69) is 6.92 Å². The third kappa shape index (κ3) is 17.8.